The van der Waals surface area contributed by atoms with Crippen LogP contribution in [-0.4, -0.2) is 15.7 Å². The third-order valence-corrected chi connectivity index (χ3v) is 5.46. The maximum Gasteiger partial charge on any atom is 0.292 e. The smallest absolute Gasteiger partial charge is 0.292 e. The van der Waals surface area contributed by atoms with Gasteiger partial charge in [0.15, 0.2) is 11.6 Å². The van der Waals surface area contributed by atoms with E-state index in [0.29, 0.717) is 12.3 Å². The summed E-state index contributed by atoms with van der Waals surface area (Å²) in [5.41, 5.74) is 0.721. The van der Waals surface area contributed by atoms with E-state index in [2.05, 4.69) is 10.4 Å². The Hall–Kier alpha value is -4.10. The maximum atomic E-state index is 13.4. The van der Waals surface area contributed by atoms with Gasteiger partial charge in [0.05, 0.1) is 6.54 Å². The number of anilines is 1. The van der Waals surface area contributed by atoms with Gasteiger partial charge in [0.25, 0.3) is 5.91 Å². The number of furan rings is 1. The highest BCUT2D eigenvalue weighted by Gasteiger charge is 2.16. The van der Waals surface area contributed by atoms with E-state index in [0.717, 1.165) is 22.1 Å². The normalized spacial score (nSPS) is 11.0. The molecule has 1 amide bonds. The van der Waals surface area contributed by atoms with Gasteiger partial charge in [0.1, 0.15) is 29.0 Å². The third-order valence-electron chi connectivity index (χ3n) is 5.19. The minimum atomic E-state index is -0.491. The number of hydrogen-bond donors (Lipinski definition) is 1. The molecule has 1 N–H and O–H groups in total. The number of fused-ring (bicyclic) bond motifs is 1. The molecule has 170 valence electrons. The lowest BCUT2D eigenvalue weighted by Crippen LogP contribution is -2.12. The number of carbonyl (C=O) groups is 1. The minimum Gasteiger partial charge on any atom is -0.485 e. The molecule has 0 bridgehead atoms. The number of carbonyl (C=O) groups excluding carboxylic acids is 1. The number of amides is 1. The van der Waals surface area contributed by atoms with Crippen molar-refractivity contribution in [1.29, 1.82) is 0 Å². The van der Waals surface area contributed by atoms with Crippen LogP contribution in [0.4, 0.5) is 10.2 Å². The summed E-state index contributed by atoms with van der Waals surface area (Å²) in [6.45, 7) is 0.480. The molecule has 0 unspecified atom stereocenters. The molecule has 0 saturated carbocycles. The molecule has 34 heavy (non-hydrogen) atoms. The lowest BCUT2D eigenvalue weighted by Gasteiger charge is -2.08. The summed E-state index contributed by atoms with van der Waals surface area (Å²) in [6, 6.07) is 23.2. The van der Waals surface area contributed by atoms with E-state index >= 15 is 0 Å². The molecule has 3 aromatic carbocycles. The van der Waals surface area contributed by atoms with Gasteiger partial charge in [-0.05, 0) is 41.3 Å². The van der Waals surface area contributed by atoms with Gasteiger partial charge in [0, 0.05) is 11.6 Å². The fourth-order valence-corrected chi connectivity index (χ4v) is 3.80. The van der Waals surface area contributed by atoms with Crippen molar-refractivity contribution in [1.82, 2.24) is 9.78 Å². The molecule has 5 rings (SSSR count). The van der Waals surface area contributed by atoms with Crippen LogP contribution < -0.4 is 10.1 Å². The Bertz CT molecular complexity index is 1470. The zero-order valence-corrected chi connectivity index (χ0v) is 18.6. The van der Waals surface area contributed by atoms with E-state index < -0.39 is 5.91 Å². The van der Waals surface area contributed by atoms with Gasteiger partial charge in [-0.15, -0.1) is 0 Å². The van der Waals surface area contributed by atoms with Gasteiger partial charge in [-0.1, -0.05) is 60.1 Å². The highest BCUT2D eigenvalue weighted by molar-refractivity contribution is 6.33. The Morgan fingerprint density at radius 2 is 1.88 bits per heavy atom. The average Bonchev–Trinajstić information content (AvgIpc) is 3.44. The second-order valence-electron chi connectivity index (χ2n) is 7.64. The summed E-state index contributed by atoms with van der Waals surface area (Å²) < 4.78 is 26.5. The SMILES string of the molecule is O=C(Nc1nn(Cc2cccc(F)c2)cc1Cl)c1ccc(COc2cccc3ccccc23)o1. The second-order valence-corrected chi connectivity index (χ2v) is 8.05. The van der Waals surface area contributed by atoms with Crippen LogP contribution in [0.2, 0.25) is 5.02 Å². The standard InChI is InChI=1S/C26H19ClFN3O3/c27-22-15-31(14-17-5-3-8-19(28)13-17)30-25(22)29-26(32)24-12-11-20(34-24)16-33-23-10-4-7-18-6-1-2-9-21(18)23/h1-13,15H,14,16H2,(H,29,30,32). The van der Waals surface area contributed by atoms with Crippen LogP contribution in [0, 0.1) is 5.82 Å². The highest BCUT2D eigenvalue weighted by atomic mass is 35.5. The second kappa shape index (κ2) is 9.41. The van der Waals surface area contributed by atoms with Gasteiger partial charge in [-0.2, -0.15) is 5.10 Å². The van der Waals surface area contributed by atoms with Crippen LogP contribution >= 0.6 is 11.6 Å². The molecule has 0 radical (unpaired) electrons. The van der Waals surface area contributed by atoms with Crippen molar-refractivity contribution < 1.29 is 18.3 Å². The van der Waals surface area contributed by atoms with Gasteiger partial charge in [0.2, 0.25) is 0 Å². The monoisotopic (exact) mass is 475 g/mol. The van der Waals surface area contributed by atoms with Gasteiger partial charge in [-0.3, -0.25) is 9.48 Å². The van der Waals surface area contributed by atoms with Gasteiger partial charge < -0.3 is 14.5 Å². The Balaban J connectivity index is 1.23. The molecule has 2 heterocycles. The topological polar surface area (TPSA) is 69.3 Å². The molecular weight excluding hydrogens is 457 g/mol. The molecule has 0 aliphatic rings. The lowest BCUT2D eigenvalue weighted by atomic mass is 10.1. The van der Waals surface area contributed by atoms with Crippen molar-refractivity contribution in [2.45, 2.75) is 13.2 Å². The van der Waals surface area contributed by atoms with Crippen molar-refractivity contribution in [3.05, 3.63) is 113 Å². The van der Waals surface area contributed by atoms with Gasteiger partial charge in [-0.25, -0.2) is 4.39 Å². The number of halogens is 2. The van der Waals surface area contributed by atoms with E-state index in [1.807, 2.05) is 42.5 Å². The average molecular weight is 476 g/mol. The first kappa shape index (κ1) is 21.7. The number of benzene rings is 3. The molecule has 0 spiro atoms. The van der Waals surface area contributed by atoms with E-state index in [-0.39, 0.29) is 29.0 Å². The quantitative estimate of drug-likeness (QED) is 0.300. The maximum absolute atomic E-state index is 13.4. The molecule has 0 atom stereocenters. The number of hydrogen-bond acceptors (Lipinski definition) is 4. The van der Waals surface area contributed by atoms with Crippen molar-refractivity contribution in [3.63, 3.8) is 0 Å². The molecule has 5 aromatic rings. The fraction of sp³-hybridized carbons (Fsp3) is 0.0769. The van der Waals surface area contributed by atoms with E-state index in [1.165, 1.54) is 16.8 Å². The summed E-state index contributed by atoms with van der Waals surface area (Å²) in [4.78, 5) is 12.6. The Morgan fingerprint density at radius 1 is 1.06 bits per heavy atom. The van der Waals surface area contributed by atoms with Crippen molar-refractivity contribution in [3.8, 4) is 5.75 Å². The summed E-state index contributed by atoms with van der Waals surface area (Å²) in [5, 5.41) is 9.26. The predicted octanol–water partition coefficient (Wildman–Crippen LogP) is 6.30. The first-order chi connectivity index (χ1) is 16.5. The number of ether oxygens (including phenoxy) is 1. The Kier molecular flexibility index (Phi) is 6.01. The molecule has 0 aliphatic heterocycles. The predicted molar refractivity (Wildman–Crippen MR) is 128 cm³/mol. The van der Waals surface area contributed by atoms with Crippen molar-refractivity contribution >= 4 is 34.1 Å². The van der Waals surface area contributed by atoms with E-state index in [1.54, 1.807) is 30.5 Å². The Labute approximate surface area is 199 Å². The number of nitrogens with one attached hydrogen (secondary N) is 1. The summed E-state index contributed by atoms with van der Waals surface area (Å²) in [7, 11) is 0. The molecule has 2 aromatic heterocycles. The molecular formula is C26H19ClFN3O3. The molecule has 0 aliphatic carbocycles. The first-order valence-electron chi connectivity index (χ1n) is 10.5. The van der Waals surface area contributed by atoms with E-state index in [9.17, 15) is 9.18 Å². The van der Waals surface area contributed by atoms with Crippen molar-refractivity contribution in [2.75, 3.05) is 5.32 Å². The first-order valence-corrected chi connectivity index (χ1v) is 10.9. The summed E-state index contributed by atoms with van der Waals surface area (Å²) in [6.07, 6.45) is 1.56. The zero-order chi connectivity index (χ0) is 23.5. The lowest BCUT2D eigenvalue weighted by molar-refractivity contribution is 0.0992. The number of aromatic nitrogens is 2. The third kappa shape index (κ3) is 4.79. The summed E-state index contributed by atoms with van der Waals surface area (Å²) in [5.74, 6) is 0.703. The molecule has 0 saturated heterocycles. The molecule has 6 nitrogen and oxygen atoms in total. The van der Waals surface area contributed by atoms with Crippen LogP contribution in [0.25, 0.3) is 10.8 Å². The van der Waals surface area contributed by atoms with Crippen LogP contribution in [-0.2, 0) is 13.2 Å². The Morgan fingerprint density at radius 3 is 2.76 bits per heavy atom. The minimum absolute atomic E-state index is 0.104. The van der Waals surface area contributed by atoms with Crippen LogP contribution in [0.3, 0.4) is 0 Å². The highest BCUT2D eigenvalue weighted by Crippen LogP contribution is 2.26. The largest absolute Gasteiger partial charge is 0.485 e. The van der Waals surface area contributed by atoms with Crippen LogP contribution in [0.1, 0.15) is 21.9 Å². The summed E-state index contributed by atoms with van der Waals surface area (Å²) >= 11 is 6.22. The van der Waals surface area contributed by atoms with Crippen LogP contribution in [0.5, 0.6) is 5.75 Å². The van der Waals surface area contributed by atoms with Gasteiger partial charge >= 0.3 is 0 Å². The fourth-order valence-electron chi connectivity index (χ4n) is 3.60. The number of rotatable bonds is 7. The zero-order valence-electron chi connectivity index (χ0n) is 17.9. The molecule has 8 heteroatoms. The molecule has 0 fully saturated rings. The van der Waals surface area contributed by atoms with Crippen LogP contribution in [0.15, 0.2) is 89.5 Å². The number of nitrogens with zero attached hydrogens (tertiary/aromatic N) is 2. The van der Waals surface area contributed by atoms with Crippen molar-refractivity contribution in [2.24, 2.45) is 0 Å². The van der Waals surface area contributed by atoms with E-state index in [4.69, 9.17) is 20.8 Å².